The summed E-state index contributed by atoms with van der Waals surface area (Å²) in [4.78, 5) is 0. The Labute approximate surface area is 93.3 Å². The van der Waals surface area contributed by atoms with E-state index in [1.807, 2.05) is 34.6 Å². The summed E-state index contributed by atoms with van der Waals surface area (Å²) in [6.45, 7) is 10.2. The van der Waals surface area contributed by atoms with E-state index in [9.17, 15) is 0 Å². The van der Waals surface area contributed by atoms with Crippen LogP contribution in [0.15, 0.2) is 0 Å². The molecule has 0 aromatic rings. The van der Waals surface area contributed by atoms with Crippen LogP contribution in [0.5, 0.6) is 0 Å². The lowest BCUT2D eigenvalue weighted by atomic mass is 9.77. The third-order valence-electron chi connectivity index (χ3n) is 3.09. The first-order valence-corrected chi connectivity index (χ1v) is 4.91. The molecule has 3 nitrogen and oxygen atoms in total. The van der Waals surface area contributed by atoms with Crippen LogP contribution in [0.25, 0.3) is 0 Å². The Morgan fingerprint density at radius 1 is 1.14 bits per heavy atom. The highest BCUT2D eigenvalue weighted by Gasteiger charge is 2.52. The lowest BCUT2D eigenvalue weighted by Crippen LogP contribution is -2.41. The first kappa shape index (κ1) is 14.2. The van der Waals surface area contributed by atoms with Gasteiger partial charge in [-0.05, 0) is 34.1 Å². The predicted octanol–water partition coefficient (Wildman–Crippen LogP) is 1.78. The maximum atomic E-state index is 5.87. The molecule has 0 aromatic carbocycles. The van der Waals surface area contributed by atoms with E-state index in [2.05, 4.69) is 0 Å². The van der Waals surface area contributed by atoms with Crippen molar-refractivity contribution in [3.63, 3.8) is 0 Å². The van der Waals surface area contributed by atoms with Gasteiger partial charge in [0.05, 0.1) is 11.2 Å². The van der Waals surface area contributed by atoms with Gasteiger partial charge >= 0.3 is 7.12 Å². The van der Waals surface area contributed by atoms with E-state index in [1.54, 1.807) is 0 Å². The van der Waals surface area contributed by atoms with Crippen LogP contribution in [0.4, 0.5) is 0 Å². The second-order valence-electron chi connectivity index (χ2n) is 4.70. The van der Waals surface area contributed by atoms with Crippen molar-refractivity contribution in [1.82, 2.24) is 0 Å². The van der Waals surface area contributed by atoms with Crippen molar-refractivity contribution in [3.05, 3.63) is 0 Å². The molecule has 1 saturated heterocycles. The van der Waals surface area contributed by atoms with Gasteiger partial charge in [0.1, 0.15) is 0 Å². The zero-order chi connectivity index (χ0) is 10.3. The van der Waals surface area contributed by atoms with E-state index < -0.39 is 0 Å². The number of hydrogen-bond acceptors (Lipinski definition) is 3. The summed E-state index contributed by atoms with van der Waals surface area (Å²) in [6, 6.07) is 0. The van der Waals surface area contributed by atoms with Crippen molar-refractivity contribution in [2.75, 3.05) is 0 Å². The summed E-state index contributed by atoms with van der Waals surface area (Å²) in [5.41, 5.74) is 5.35. The van der Waals surface area contributed by atoms with Gasteiger partial charge in [0.15, 0.2) is 0 Å². The topological polar surface area (TPSA) is 44.5 Å². The van der Waals surface area contributed by atoms with E-state index >= 15 is 0 Å². The second kappa shape index (κ2) is 4.39. The largest absolute Gasteiger partial charge is 0.475 e. The van der Waals surface area contributed by atoms with Crippen molar-refractivity contribution < 1.29 is 9.31 Å². The molecule has 14 heavy (non-hydrogen) atoms. The van der Waals surface area contributed by atoms with E-state index in [0.717, 1.165) is 6.42 Å². The van der Waals surface area contributed by atoms with Crippen molar-refractivity contribution in [2.45, 2.75) is 58.2 Å². The van der Waals surface area contributed by atoms with E-state index in [1.165, 1.54) is 0 Å². The molecule has 1 aliphatic heterocycles. The Balaban J connectivity index is 0.00000169. The van der Waals surface area contributed by atoms with Crippen LogP contribution in [0.3, 0.4) is 0 Å². The lowest BCUT2D eigenvalue weighted by molar-refractivity contribution is 0.00578. The highest BCUT2D eigenvalue weighted by Crippen LogP contribution is 2.37. The minimum absolute atomic E-state index is 0. The summed E-state index contributed by atoms with van der Waals surface area (Å²) in [7, 11) is -0.255. The Bertz CT molecular complexity index is 183. The van der Waals surface area contributed by atoms with Crippen molar-refractivity contribution in [1.29, 1.82) is 0 Å². The second-order valence-corrected chi connectivity index (χ2v) is 4.70. The molecule has 0 radical (unpaired) electrons. The van der Waals surface area contributed by atoms with Gasteiger partial charge in [-0.1, -0.05) is 6.92 Å². The monoisotopic (exact) mass is 221 g/mol. The van der Waals surface area contributed by atoms with Gasteiger partial charge in [-0.15, -0.1) is 12.4 Å². The first-order chi connectivity index (χ1) is 5.80. The highest BCUT2D eigenvalue weighted by atomic mass is 35.5. The third kappa shape index (κ3) is 2.43. The zero-order valence-corrected chi connectivity index (χ0v) is 10.5. The maximum absolute atomic E-state index is 5.87. The zero-order valence-electron chi connectivity index (χ0n) is 9.66. The molecule has 0 saturated carbocycles. The van der Waals surface area contributed by atoms with Crippen LogP contribution in [0.2, 0.25) is 0 Å². The number of nitrogens with two attached hydrogens (primary N) is 1. The van der Waals surface area contributed by atoms with Crippen LogP contribution in [-0.4, -0.2) is 24.3 Å². The molecule has 1 atom stereocenters. The fourth-order valence-electron chi connectivity index (χ4n) is 1.26. The summed E-state index contributed by atoms with van der Waals surface area (Å²) >= 11 is 0. The van der Waals surface area contributed by atoms with Crippen LogP contribution in [-0.2, 0) is 9.31 Å². The van der Waals surface area contributed by atoms with Gasteiger partial charge in [-0.2, -0.15) is 0 Å². The van der Waals surface area contributed by atoms with Crippen molar-refractivity contribution in [3.8, 4) is 0 Å². The molecule has 84 valence electrons. The fraction of sp³-hybridized carbons (Fsp3) is 1.00. The van der Waals surface area contributed by atoms with Crippen LogP contribution in [0.1, 0.15) is 41.0 Å². The summed E-state index contributed by atoms with van der Waals surface area (Å²) in [6.07, 6.45) is 0.872. The first-order valence-electron chi connectivity index (χ1n) is 4.91. The van der Waals surface area contributed by atoms with Crippen molar-refractivity contribution >= 4 is 19.5 Å². The molecule has 0 aliphatic carbocycles. The van der Waals surface area contributed by atoms with Crippen LogP contribution < -0.4 is 5.73 Å². The standard InChI is InChI=1S/C9H20BNO2.ClH/c1-6-7(11)10-12-8(2,3)9(4,5)13-10;/h7H,6,11H2,1-5H3;1H. The number of rotatable bonds is 2. The Morgan fingerprint density at radius 3 is 1.79 bits per heavy atom. The lowest BCUT2D eigenvalue weighted by Gasteiger charge is -2.32. The Hall–Kier alpha value is 0.235. The van der Waals surface area contributed by atoms with Gasteiger partial charge in [-0.25, -0.2) is 0 Å². The molecule has 5 heteroatoms. The molecule has 0 aromatic heterocycles. The van der Waals surface area contributed by atoms with E-state index in [4.69, 9.17) is 15.0 Å². The fourth-order valence-corrected chi connectivity index (χ4v) is 1.26. The molecule has 0 bridgehead atoms. The van der Waals surface area contributed by atoms with Gasteiger partial charge in [-0.3, -0.25) is 0 Å². The van der Waals surface area contributed by atoms with Crippen LogP contribution in [0, 0.1) is 0 Å². The van der Waals surface area contributed by atoms with Crippen molar-refractivity contribution in [2.24, 2.45) is 5.73 Å². The van der Waals surface area contributed by atoms with Gasteiger partial charge in [0.2, 0.25) is 0 Å². The molecule has 1 fully saturated rings. The van der Waals surface area contributed by atoms with E-state index in [0.29, 0.717) is 0 Å². The van der Waals surface area contributed by atoms with E-state index in [-0.39, 0.29) is 36.7 Å². The number of hydrogen-bond donors (Lipinski definition) is 1. The molecule has 1 aliphatic rings. The predicted molar refractivity (Wildman–Crippen MR) is 61.6 cm³/mol. The molecular formula is C9H21BClNO2. The summed E-state index contributed by atoms with van der Waals surface area (Å²) in [5, 5.41) is 0. The molecule has 1 heterocycles. The Kier molecular flexibility index (Phi) is 4.47. The number of halogens is 1. The molecule has 1 unspecified atom stereocenters. The van der Waals surface area contributed by atoms with Gasteiger partial charge in [0.25, 0.3) is 0 Å². The quantitative estimate of drug-likeness (QED) is 0.723. The smallest absolute Gasteiger partial charge is 0.402 e. The molecule has 1 rings (SSSR count). The summed E-state index contributed by atoms with van der Waals surface area (Å²) in [5.74, 6) is -0.0268. The van der Waals surface area contributed by atoms with Crippen LogP contribution >= 0.6 is 12.4 Å². The molecular weight excluding hydrogens is 200 g/mol. The third-order valence-corrected chi connectivity index (χ3v) is 3.09. The van der Waals surface area contributed by atoms with Gasteiger partial charge < -0.3 is 15.0 Å². The molecule has 0 spiro atoms. The van der Waals surface area contributed by atoms with Gasteiger partial charge in [0, 0.05) is 5.94 Å². The Morgan fingerprint density at radius 2 is 1.50 bits per heavy atom. The highest BCUT2D eigenvalue weighted by molar-refractivity contribution is 6.47. The molecule has 0 amide bonds. The average molecular weight is 222 g/mol. The SMILES string of the molecule is CCC(N)B1OC(C)(C)C(C)(C)O1.Cl. The minimum atomic E-state index is -0.259. The minimum Gasteiger partial charge on any atom is -0.402 e. The summed E-state index contributed by atoms with van der Waals surface area (Å²) < 4.78 is 11.5. The normalized spacial score (nSPS) is 25.7. The maximum Gasteiger partial charge on any atom is 0.475 e. The molecule has 2 N–H and O–H groups in total. The average Bonchev–Trinajstić information content (AvgIpc) is 2.20.